The van der Waals surface area contributed by atoms with Crippen LogP contribution in [0.2, 0.25) is 0 Å². The van der Waals surface area contributed by atoms with Gasteiger partial charge in [-0.25, -0.2) is 0 Å². The summed E-state index contributed by atoms with van der Waals surface area (Å²) < 4.78 is 0. The lowest BCUT2D eigenvalue weighted by Crippen LogP contribution is -2.45. The first-order valence-electron chi connectivity index (χ1n) is 8.90. The third-order valence-corrected chi connectivity index (χ3v) is 5.15. The summed E-state index contributed by atoms with van der Waals surface area (Å²) in [5.41, 5.74) is 6.99. The third-order valence-electron chi connectivity index (χ3n) is 5.15. The van der Waals surface area contributed by atoms with Crippen molar-refractivity contribution >= 4 is 11.4 Å². The molecule has 0 aromatic heterocycles. The molecule has 0 spiro atoms. The van der Waals surface area contributed by atoms with Crippen LogP contribution in [-0.4, -0.2) is 32.8 Å². The number of rotatable bonds is 3. The maximum Gasteiger partial charge on any atom is 0.0688 e. The quantitative estimate of drug-likeness (QED) is 0.909. The number of hydrogen-bond acceptors (Lipinski definition) is 4. The maximum absolute atomic E-state index is 3.59. The van der Waals surface area contributed by atoms with Crippen molar-refractivity contribution in [3.05, 3.63) is 59.2 Å². The topological polar surface area (TPSA) is 30.5 Å². The summed E-state index contributed by atoms with van der Waals surface area (Å²) in [5, 5.41) is 7.04. The van der Waals surface area contributed by atoms with Crippen LogP contribution >= 0.6 is 0 Å². The van der Waals surface area contributed by atoms with Crippen LogP contribution in [0.1, 0.15) is 16.7 Å². The summed E-state index contributed by atoms with van der Waals surface area (Å²) in [6, 6.07) is 15.5. The van der Waals surface area contributed by atoms with E-state index >= 15 is 0 Å². The molecule has 0 radical (unpaired) electrons. The summed E-state index contributed by atoms with van der Waals surface area (Å²) in [6.45, 7) is 9.35. The number of hydrogen-bond donors (Lipinski definition) is 2. The van der Waals surface area contributed by atoms with Crippen LogP contribution in [0, 0.1) is 6.92 Å². The van der Waals surface area contributed by atoms with E-state index in [0.29, 0.717) is 0 Å². The van der Waals surface area contributed by atoms with Crippen molar-refractivity contribution in [1.82, 2.24) is 10.6 Å². The largest absolute Gasteiger partial charge is 0.369 e. The Morgan fingerprint density at radius 3 is 2.54 bits per heavy atom. The molecule has 2 aliphatic rings. The van der Waals surface area contributed by atoms with E-state index in [0.717, 1.165) is 45.9 Å². The standard InChI is InChI=1S/C20H26N4/c1-16-5-2-3-6-17(16)14-24-15-22-13-18-19(7-4-8-20(18)24)23-11-9-21-10-12-23/h2-8,21-22H,9-15H2,1H3. The van der Waals surface area contributed by atoms with Gasteiger partial charge in [0.2, 0.25) is 0 Å². The monoisotopic (exact) mass is 322 g/mol. The van der Waals surface area contributed by atoms with Crippen molar-refractivity contribution in [3.63, 3.8) is 0 Å². The molecule has 0 saturated carbocycles. The van der Waals surface area contributed by atoms with Gasteiger partial charge in [-0.05, 0) is 30.2 Å². The first-order valence-corrected chi connectivity index (χ1v) is 8.90. The van der Waals surface area contributed by atoms with Gasteiger partial charge in [-0.3, -0.25) is 5.32 Å². The molecule has 0 amide bonds. The number of nitrogens with one attached hydrogen (secondary N) is 2. The molecule has 1 fully saturated rings. The molecule has 0 unspecified atom stereocenters. The van der Waals surface area contributed by atoms with E-state index < -0.39 is 0 Å². The molecule has 0 bridgehead atoms. The van der Waals surface area contributed by atoms with E-state index in [2.05, 4.69) is 69.8 Å². The number of benzene rings is 2. The smallest absolute Gasteiger partial charge is 0.0688 e. The second-order valence-electron chi connectivity index (χ2n) is 6.72. The first-order chi connectivity index (χ1) is 11.8. The lowest BCUT2D eigenvalue weighted by atomic mass is 10.0. The Kier molecular flexibility index (Phi) is 4.41. The molecule has 2 aliphatic heterocycles. The fraction of sp³-hybridized carbons (Fsp3) is 0.400. The molecule has 2 aromatic carbocycles. The highest BCUT2D eigenvalue weighted by Gasteiger charge is 2.22. The Bertz CT molecular complexity index is 707. The zero-order valence-corrected chi connectivity index (χ0v) is 14.4. The van der Waals surface area contributed by atoms with Crippen molar-refractivity contribution in [1.29, 1.82) is 0 Å². The van der Waals surface area contributed by atoms with Crippen molar-refractivity contribution in [2.45, 2.75) is 20.0 Å². The Morgan fingerprint density at radius 2 is 1.71 bits per heavy atom. The molecular weight excluding hydrogens is 296 g/mol. The number of fused-ring (bicyclic) bond motifs is 1. The predicted molar refractivity (Wildman–Crippen MR) is 101 cm³/mol. The lowest BCUT2D eigenvalue weighted by molar-refractivity contribution is 0.577. The van der Waals surface area contributed by atoms with Crippen molar-refractivity contribution in [2.24, 2.45) is 0 Å². The van der Waals surface area contributed by atoms with Gasteiger partial charge in [-0.15, -0.1) is 0 Å². The highest BCUT2D eigenvalue weighted by Crippen LogP contribution is 2.33. The Morgan fingerprint density at radius 1 is 0.917 bits per heavy atom. The van der Waals surface area contributed by atoms with Gasteiger partial charge >= 0.3 is 0 Å². The van der Waals surface area contributed by atoms with Crippen LogP contribution < -0.4 is 20.4 Å². The number of nitrogens with zero attached hydrogens (tertiary/aromatic N) is 2. The summed E-state index contributed by atoms with van der Waals surface area (Å²) in [4.78, 5) is 4.99. The van der Waals surface area contributed by atoms with E-state index in [-0.39, 0.29) is 0 Å². The summed E-state index contributed by atoms with van der Waals surface area (Å²) in [5.74, 6) is 0. The van der Waals surface area contributed by atoms with Gasteiger partial charge in [0.15, 0.2) is 0 Å². The van der Waals surface area contributed by atoms with Crippen LogP contribution in [0.4, 0.5) is 11.4 Å². The number of aryl methyl sites for hydroxylation is 1. The zero-order valence-electron chi connectivity index (χ0n) is 14.4. The molecule has 1 saturated heterocycles. The second-order valence-corrected chi connectivity index (χ2v) is 6.72. The molecule has 4 rings (SSSR count). The Labute approximate surface area is 144 Å². The van der Waals surface area contributed by atoms with Crippen LogP contribution in [-0.2, 0) is 13.1 Å². The second kappa shape index (κ2) is 6.83. The average molecular weight is 322 g/mol. The average Bonchev–Trinajstić information content (AvgIpc) is 2.64. The van der Waals surface area contributed by atoms with Gasteiger partial charge in [-0.2, -0.15) is 0 Å². The molecule has 2 N–H and O–H groups in total. The normalized spacial score (nSPS) is 17.7. The highest BCUT2D eigenvalue weighted by atomic mass is 15.3. The lowest BCUT2D eigenvalue weighted by Gasteiger charge is -2.37. The van der Waals surface area contributed by atoms with Crippen LogP contribution in [0.5, 0.6) is 0 Å². The van der Waals surface area contributed by atoms with Gasteiger partial charge in [0.05, 0.1) is 6.67 Å². The minimum absolute atomic E-state index is 0.909. The molecule has 126 valence electrons. The van der Waals surface area contributed by atoms with Crippen molar-refractivity contribution in [3.8, 4) is 0 Å². The number of anilines is 2. The zero-order chi connectivity index (χ0) is 16.4. The van der Waals surface area contributed by atoms with Crippen LogP contribution in [0.3, 0.4) is 0 Å². The number of piperazine rings is 1. The molecule has 2 aromatic rings. The fourth-order valence-corrected chi connectivity index (χ4v) is 3.78. The van der Waals surface area contributed by atoms with Gasteiger partial charge in [0.25, 0.3) is 0 Å². The molecule has 0 aliphatic carbocycles. The van der Waals surface area contributed by atoms with E-state index in [1.807, 2.05) is 0 Å². The maximum atomic E-state index is 3.59. The first kappa shape index (κ1) is 15.5. The van der Waals surface area contributed by atoms with E-state index in [4.69, 9.17) is 0 Å². The van der Waals surface area contributed by atoms with Crippen molar-refractivity contribution < 1.29 is 0 Å². The molecule has 24 heavy (non-hydrogen) atoms. The van der Waals surface area contributed by atoms with Gasteiger partial charge < -0.3 is 15.1 Å². The van der Waals surface area contributed by atoms with Crippen molar-refractivity contribution in [2.75, 3.05) is 42.6 Å². The summed E-state index contributed by atoms with van der Waals surface area (Å²) >= 11 is 0. The molecule has 0 atom stereocenters. The molecule has 4 heteroatoms. The Hall–Kier alpha value is -2.04. The third kappa shape index (κ3) is 2.99. The molecule has 4 nitrogen and oxygen atoms in total. The van der Waals surface area contributed by atoms with Gasteiger partial charge in [0.1, 0.15) is 0 Å². The minimum Gasteiger partial charge on any atom is -0.369 e. The SMILES string of the molecule is Cc1ccccc1CN1CNCc2c(N3CCNCC3)cccc21. The van der Waals surface area contributed by atoms with Gasteiger partial charge in [0, 0.05) is 56.2 Å². The Balaban J connectivity index is 1.64. The van der Waals surface area contributed by atoms with E-state index in [1.165, 1.54) is 28.1 Å². The fourth-order valence-electron chi connectivity index (χ4n) is 3.78. The molecule has 2 heterocycles. The van der Waals surface area contributed by atoms with E-state index in [9.17, 15) is 0 Å². The van der Waals surface area contributed by atoms with Crippen LogP contribution in [0.15, 0.2) is 42.5 Å². The van der Waals surface area contributed by atoms with Crippen LogP contribution in [0.25, 0.3) is 0 Å². The molecular formula is C20H26N4. The highest BCUT2D eigenvalue weighted by molar-refractivity contribution is 5.69. The summed E-state index contributed by atoms with van der Waals surface area (Å²) in [6.07, 6.45) is 0. The summed E-state index contributed by atoms with van der Waals surface area (Å²) in [7, 11) is 0. The predicted octanol–water partition coefficient (Wildman–Crippen LogP) is 2.47. The van der Waals surface area contributed by atoms with Gasteiger partial charge in [-0.1, -0.05) is 30.3 Å². The van der Waals surface area contributed by atoms with E-state index in [1.54, 1.807) is 0 Å². The minimum atomic E-state index is 0.909.